The van der Waals surface area contributed by atoms with Gasteiger partial charge in [-0.3, -0.25) is 0 Å². The van der Waals surface area contributed by atoms with E-state index in [1.807, 2.05) is 0 Å². The third-order valence-corrected chi connectivity index (χ3v) is 3.21. The molecule has 0 bridgehead atoms. The zero-order valence-electron chi connectivity index (χ0n) is 10.7. The Kier molecular flexibility index (Phi) is 5.85. The standard InChI is InChI=1S/C13H24O3/c1-4-6-11(14)9-12(15-2)13(16-3)10-7-5-8-10/h11-12,14H,4-9H2,1-3H3. The van der Waals surface area contributed by atoms with Crippen molar-refractivity contribution < 1.29 is 14.6 Å². The van der Waals surface area contributed by atoms with Gasteiger partial charge in [0.15, 0.2) is 0 Å². The molecule has 0 aromatic rings. The van der Waals surface area contributed by atoms with Gasteiger partial charge in [-0.15, -0.1) is 0 Å². The lowest BCUT2D eigenvalue weighted by Gasteiger charge is -2.27. The van der Waals surface area contributed by atoms with Gasteiger partial charge < -0.3 is 14.6 Å². The van der Waals surface area contributed by atoms with Gasteiger partial charge in [0, 0.05) is 13.5 Å². The minimum absolute atomic E-state index is 0.0816. The fourth-order valence-electron chi connectivity index (χ4n) is 2.11. The lowest BCUT2D eigenvalue weighted by Crippen LogP contribution is -2.25. The first-order valence-electron chi connectivity index (χ1n) is 6.19. The van der Waals surface area contributed by atoms with Gasteiger partial charge in [0.2, 0.25) is 0 Å². The summed E-state index contributed by atoms with van der Waals surface area (Å²) in [7, 11) is 3.38. The van der Waals surface area contributed by atoms with E-state index < -0.39 is 0 Å². The number of allylic oxidation sites excluding steroid dienone is 1. The van der Waals surface area contributed by atoms with E-state index in [0.29, 0.717) is 6.42 Å². The third kappa shape index (κ3) is 3.49. The van der Waals surface area contributed by atoms with Crippen LogP contribution in [0, 0.1) is 0 Å². The summed E-state index contributed by atoms with van der Waals surface area (Å²) in [5, 5.41) is 9.81. The van der Waals surface area contributed by atoms with E-state index in [2.05, 4.69) is 6.92 Å². The molecular weight excluding hydrogens is 204 g/mol. The summed E-state index contributed by atoms with van der Waals surface area (Å²) in [6.45, 7) is 2.08. The number of hydrogen-bond donors (Lipinski definition) is 1. The molecule has 1 saturated carbocycles. The van der Waals surface area contributed by atoms with E-state index in [1.165, 1.54) is 12.0 Å². The van der Waals surface area contributed by atoms with E-state index in [9.17, 15) is 5.11 Å². The average Bonchev–Trinajstić information content (AvgIpc) is 2.20. The lowest BCUT2D eigenvalue weighted by atomic mass is 9.88. The average molecular weight is 228 g/mol. The summed E-state index contributed by atoms with van der Waals surface area (Å²) in [5.74, 6) is 0.948. The van der Waals surface area contributed by atoms with Crippen LogP contribution in [0.5, 0.6) is 0 Å². The number of rotatable bonds is 7. The fourth-order valence-corrected chi connectivity index (χ4v) is 2.11. The largest absolute Gasteiger partial charge is 0.498 e. The first-order valence-corrected chi connectivity index (χ1v) is 6.19. The van der Waals surface area contributed by atoms with Crippen LogP contribution in [0.25, 0.3) is 0 Å². The predicted octanol–water partition coefficient (Wildman–Crippen LogP) is 2.64. The van der Waals surface area contributed by atoms with Crippen molar-refractivity contribution in [2.24, 2.45) is 0 Å². The summed E-state index contributed by atoms with van der Waals surface area (Å²) >= 11 is 0. The van der Waals surface area contributed by atoms with Gasteiger partial charge in [-0.1, -0.05) is 13.3 Å². The molecule has 1 N–H and O–H groups in total. The summed E-state index contributed by atoms with van der Waals surface area (Å²) in [6, 6.07) is 0. The zero-order valence-corrected chi connectivity index (χ0v) is 10.7. The van der Waals surface area contributed by atoms with Crippen LogP contribution in [-0.2, 0) is 9.47 Å². The topological polar surface area (TPSA) is 38.7 Å². The van der Waals surface area contributed by atoms with Crippen molar-refractivity contribution in [2.45, 2.75) is 57.7 Å². The van der Waals surface area contributed by atoms with Gasteiger partial charge in [0.25, 0.3) is 0 Å². The normalized spacial score (nSPS) is 18.9. The Balaban J connectivity index is 2.57. The van der Waals surface area contributed by atoms with Crippen molar-refractivity contribution in [3.05, 3.63) is 11.3 Å². The SMILES string of the molecule is CCCC(O)CC(OC)C(OC)=C1CCC1. The number of methoxy groups -OCH3 is 2. The molecule has 2 atom stereocenters. The Bertz CT molecular complexity index is 229. The van der Waals surface area contributed by atoms with E-state index in [1.54, 1.807) is 14.2 Å². The fraction of sp³-hybridized carbons (Fsp3) is 0.846. The van der Waals surface area contributed by atoms with E-state index in [-0.39, 0.29) is 12.2 Å². The molecule has 1 rings (SSSR count). The minimum atomic E-state index is -0.291. The Morgan fingerprint density at radius 1 is 1.38 bits per heavy atom. The van der Waals surface area contributed by atoms with Crippen LogP contribution in [0.4, 0.5) is 0 Å². The molecule has 94 valence electrons. The molecule has 1 aliphatic carbocycles. The van der Waals surface area contributed by atoms with E-state index >= 15 is 0 Å². The number of aliphatic hydroxyl groups is 1. The molecule has 0 radical (unpaired) electrons. The second-order valence-corrected chi connectivity index (χ2v) is 4.43. The van der Waals surface area contributed by atoms with Crippen LogP contribution < -0.4 is 0 Å². The van der Waals surface area contributed by atoms with Crippen molar-refractivity contribution in [2.75, 3.05) is 14.2 Å². The van der Waals surface area contributed by atoms with Crippen LogP contribution in [0.1, 0.15) is 45.4 Å². The molecule has 3 heteroatoms. The molecule has 16 heavy (non-hydrogen) atoms. The monoisotopic (exact) mass is 228 g/mol. The first-order chi connectivity index (χ1) is 7.72. The molecule has 0 aromatic heterocycles. The molecule has 0 aromatic carbocycles. The highest BCUT2D eigenvalue weighted by Gasteiger charge is 2.24. The Hall–Kier alpha value is -0.540. The molecular formula is C13H24O3. The molecule has 0 heterocycles. The summed E-state index contributed by atoms with van der Waals surface area (Å²) in [4.78, 5) is 0. The number of aliphatic hydroxyl groups excluding tert-OH is 1. The number of ether oxygens (including phenoxy) is 2. The van der Waals surface area contributed by atoms with Gasteiger partial charge in [-0.25, -0.2) is 0 Å². The Morgan fingerprint density at radius 3 is 2.44 bits per heavy atom. The molecule has 0 spiro atoms. The zero-order chi connectivity index (χ0) is 12.0. The van der Waals surface area contributed by atoms with Crippen LogP contribution in [-0.4, -0.2) is 31.5 Å². The molecule has 1 fully saturated rings. The maximum absolute atomic E-state index is 9.81. The molecule has 1 aliphatic rings. The molecule has 0 saturated heterocycles. The van der Waals surface area contributed by atoms with Crippen LogP contribution >= 0.6 is 0 Å². The third-order valence-electron chi connectivity index (χ3n) is 3.21. The lowest BCUT2D eigenvalue weighted by molar-refractivity contribution is 0.0286. The van der Waals surface area contributed by atoms with Gasteiger partial charge in [-0.2, -0.15) is 0 Å². The van der Waals surface area contributed by atoms with Crippen molar-refractivity contribution in [1.82, 2.24) is 0 Å². The van der Waals surface area contributed by atoms with Gasteiger partial charge >= 0.3 is 0 Å². The van der Waals surface area contributed by atoms with Crippen molar-refractivity contribution in [3.8, 4) is 0 Å². The molecule has 2 unspecified atom stereocenters. The van der Waals surface area contributed by atoms with Crippen molar-refractivity contribution >= 4 is 0 Å². The van der Waals surface area contributed by atoms with Gasteiger partial charge in [-0.05, 0) is 31.3 Å². The van der Waals surface area contributed by atoms with Crippen molar-refractivity contribution in [1.29, 1.82) is 0 Å². The second-order valence-electron chi connectivity index (χ2n) is 4.43. The molecule has 0 aliphatic heterocycles. The van der Waals surface area contributed by atoms with Gasteiger partial charge in [0.1, 0.15) is 11.9 Å². The highest BCUT2D eigenvalue weighted by atomic mass is 16.5. The predicted molar refractivity (Wildman–Crippen MR) is 64.2 cm³/mol. The molecule has 3 nitrogen and oxygen atoms in total. The highest BCUT2D eigenvalue weighted by Crippen LogP contribution is 2.32. The summed E-state index contributed by atoms with van der Waals surface area (Å²) in [5.41, 5.74) is 1.36. The minimum Gasteiger partial charge on any atom is -0.498 e. The Labute approximate surface area is 98.4 Å². The van der Waals surface area contributed by atoms with E-state index in [4.69, 9.17) is 9.47 Å². The highest BCUT2D eigenvalue weighted by molar-refractivity contribution is 5.18. The maximum Gasteiger partial charge on any atom is 0.124 e. The maximum atomic E-state index is 9.81. The van der Waals surface area contributed by atoms with Crippen LogP contribution in [0.3, 0.4) is 0 Å². The van der Waals surface area contributed by atoms with Crippen LogP contribution in [0.2, 0.25) is 0 Å². The van der Waals surface area contributed by atoms with Crippen LogP contribution in [0.15, 0.2) is 11.3 Å². The summed E-state index contributed by atoms with van der Waals surface area (Å²) < 4.78 is 10.9. The first kappa shape index (κ1) is 13.5. The van der Waals surface area contributed by atoms with E-state index in [0.717, 1.165) is 31.4 Å². The Morgan fingerprint density at radius 2 is 2.06 bits per heavy atom. The van der Waals surface area contributed by atoms with Gasteiger partial charge in [0.05, 0.1) is 13.2 Å². The quantitative estimate of drug-likeness (QED) is 0.681. The van der Waals surface area contributed by atoms with Crippen molar-refractivity contribution in [3.63, 3.8) is 0 Å². The smallest absolute Gasteiger partial charge is 0.124 e. The second kappa shape index (κ2) is 6.92. The summed E-state index contributed by atoms with van der Waals surface area (Å²) in [6.07, 6.45) is 5.57. The molecule has 0 amide bonds. The number of hydrogen-bond acceptors (Lipinski definition) is 3.